The SMILES string of the molecule is COc1ccccc1CCN(C)CCCC#N. The monoisotopic (exact) mass is 232 g/mol. The maximum atomic E-state index is 8.47. The number of ether oxygens (including phenoxy) is 1. The fourth-order valence-corrected chi connectivity index (χ4v) is 1.76. The third kappa shape index (κ3) is 4.88. The van der Waals surface area contributed by atoms with E-state index in [1.807, 2.05) is 18.2 Å². The van der Waals surface area contributed by atoms with Crippen LogP contribution < -0.4 is 4.74 Å². The van der Waals surface area contributed by atoms with Gasteiger partial charge in [0.05, 0.1) is 13.2 Å². The summed E-state index contributed by atoms with van der Waals surface area (Å²) in [5.74, 6) is 0.956. The Bertz CT molecular complexity index is 371. The maximum Gasteiger partial charge on any atom is 0.122 e. The van der Waals surface area contributed by atoms with Gasteiger partial charge in [0, 0.05) is 13.0 Å². The Morgan fingerprint density at radius 2 is 2.06 bits per heavy atom. The standard InChI is InChI=1S/C14H20N2O/c1-16(11-6-5-10-15)12-9-13-7-3-4-8-14(13)17-2/h3-4,7-8H,5-6,9,11-12H2,1-2H3. The van der Waals surface area contributed by atoms with Crippen molar-refractivity contribution in [2.75, 3.05) is 27.2 Å². The summed E-state index contributed by atoms with van der Waals surface area (Å²) in [5.41, 5.74) is 1.24. The molecule has 3 nitrogen and oxygen atoms in total. The van der Waals surface area contributed by atoms with Crippen LogP contribution in [-0.2, 0) is 6.42 Å². The fraction of sp³-hybridized carbons (Fsp3) is 0.500. The molecule has 0 heterocycles. The summed E-state index contributed by atoms with van der Waals surface area (Å²) in [6.45, 7) is 1.97. The Morgan fingerprint density at radius 3 is 2.76 bits per heavy atom. The van der Waals surface area contributed by atoms with E-state index in [4.69, 9.17) is 10.00 Å². The molecule has 1 aromatic rings. The first-order valence-corrected chi connectivity index (χ1v) is 5.95. The number of hydrogen-bond donors (Lipinski definition) is 0. The molecular formula is C14H20N2O. The number of hydrogen-bond acceptors (Lipinski definition) is 3. The first-order chi connectivity index (χ1) is 8.27. The number of methoxy groups -OCH3 is 1. The Kier molecular flexibility index (Phi) is 6.13. The number of unbranched alkanes of at least 4 members (excludes halogenated alkanes) is 1. The Hall–Kier alpha value is -1.53. The van der Waals surface area contributed by atoms with Crippen LogP contribution in [0.4, 0.5) is 0 Å². The van der Waals surface area contributed by atoms with Gasteiger partial charge in [-0.3, -0.25) is 0 Å². The van der Waals surface area contributed by atoms with Crippen molar-refractivity contribution in [3.63, 3.8) is 0 Å². The highest BCUT2D eigenvalue weighted by Crippen LogP contribution is 2.17. The first kappa shape index (κ1) is 13.5. The van der Waals surface area contributed by atoms with Gasteiger partial charge in [0.25, 0.3) is 0 Å². The van der Waals surface area contributed by atoms with Crippen molar-refractivity contribution in [3.05, 3.63) is 29.8 Å². The molecule has 1 rings (SSSR count). The van der Waals surface area contributed by atoms with Crippen molar-refractivity contribution in [3.8, 4) is 11.8 Å². The van der Waals surface area contributed by atoms with E-state index in [-0.39, 0.29) is 0 Å². The zero-order valence-corrected chi connectivity index (χ0v) is 10.6. The van der Waals surface area contributed by atoms with Crippen molar-refractivity contribution >= 4 is 0 Å². The average Bonchev–Trinajstić information content (AvgIpc) is 2.37. The largest absolute Gasteiger partial charge is 0.496 e. The zero-order valence-electron chi connectivity index (χ0n) is 10.6. The molecule has 0 bridgehead atoms. The predicted molar refractivity (Wildman–Crippen MR) is 69.0 cm³/mol. The van der Waals surface area contributed by atoms with E-state index in [1.54, 1.807) is 7.11 Å². The van der Waals surface area contributed by atoms with Gasteiger partial charge in [-0.05, 0) is 38.1 Å². The summed E-state index contributed by atoms with van der Waals surface area (Å²) in [6.07, 6.45) is 2.56. The first-order valence-electron chi connectivity index (χ1n) is 5.95. The third-order valence-corrected chi connectivity index (χ3v) is 2.78. The molecule has 0 aliphatic carbocycles. The highest BCUT2D eigenvalue weighted by molar-refractivity contribution is 5.33. The van der Waals surface area contributed by atoms with Gasteiger partial charge in [0.2, 0.25) is 0 Å². The predicted octanol–water partition coefficient (Wildman–Crippen LogP) is 2.47. The summed E-state index contributed by atoms with van der Waals surface area (Å²) in [4.78, 5) is 2.25. The third-order valence-electron chi connectivity index (χ3n) is 2.78. The molecule has 0 N–H and O–H groups in total. The number of likely N-dealkylation sites (N-methyl/N-ethyl adjacent to an activating group) is 1. The van der Waals surface area contributed by atoms with Crippen LogP contribution in [0.1, 0.15) is 18.4 Å². The Labute approximate surface area is 104 Å². The van der Waals surface area contributed by atoms with Crippen molar-refractivity contribution in [2.45, 2.75) is 19.3 Å². The fourth-order valence-electron chi connectivity index (χ4n) is 1.76. The van der Waals surface area contributed by atoms with Gasteiger partial charge < -0.3 is 9.64 Å². The van der Waals surface area contributed by atoms with Crippen LogP contribution in [-0.4, -0.2) is 32.1 Å². The van der Waals surface area contributed by atoms with Crippen molar-refractivity contribution in [1.82, 2.24) is 4.90 Å². The summed E-state index contributed by atoms with van der Waals surface area (Å²) in [6, 6.07) is 10.3. The molecule has 0 amide bonds. The van der Waals surface area contributed by atoms with Gasteiger partial charge in [-0.15, -0.1) is 0 Å². The lowest BCUT2D eigenvalue weighted by atomic mass is 10.1. The van der Waals surface area contributed by atoms with E-state index in [0.717, 1.165) is 31.7 Å². The van der Waals surface area contributed by atoms with Crippen LogP contribution in [0.2, 0.25) is 0 Å². The average molecular weight is 232 g/mol. The van der Waals surface area contributed by atoms with Crippen LogP contribution in [0.25, 0.3) is 0 Å². The quantitative estimate of drug-likeness (QED) is 0.678. The van der Waals surface area contributed by atoms with E-state index in [0.29, 0.717) is 6.42 Å². The van der Waals surface area contributed by atoms with Crippen molar-refractivity contribution in [1.29, 1.82) is 5.26 Å². The van der Waals surface area contributed by atoms with E-state index >= 15 is 0 Å². The lowest BCUT2D eigenvalue weighted by Crippen LogP contribution is -2.22. The van der Waals surface area contributed by atoms with E-state index < -0.39 is 0 Å². The van der Waals surface area contributed by atoms with E-state index in [1.165, 1.54) is 5.56 Å². The summed E-state index contributed by atoms with van der Waals surface area (Å²) in [5, 5.41) is 8.47. The van der Waals surface area contributed by atoms with Gasteiger partial charge in [0.1, 0.15) is 5.75 Å². The van der Waals surface area contributed by atoms with Gasteiger partial charge in [0.15, 0.2) is 0 Å². The van der Waals surface area contributed by atoms with Crippen LogP contribution >= 0.6 is 0 Å². The van der Waals surface area contributed by atoms with Gasteiger partial charge in [-0.2, -0.15) is 5.26 Å². The van der Waals surface area contributed by atoms with E-state index in [2.05, 4.69) is 24.1 Å². The van der Waals surface area contributed by atoms with E-state index in [9.17, 15) is 0 Å². The molecule has 0 unspecified atom stereocenters. The number of benzene rings is 1. The van der Waals surface area contributed by atoms with Crippen LogP contribution in [0.5, 0.6) is 5.75 Å². The number of para-hydroxylation sites is 1. The normalized spacial score (nSPS) is 10.2. The molecular weight excluding hydrogens is 212 g/mol. The molecule has 0 aliphatic heterocycles. The lowest BCUT2D eigenvalue weighted by molar-refractivity contribution is 0.332. The molecule has 0 spiro atoms. The Balaban J connectivity index is 2.37. The van der Waals surface area contributed by atoms with Crippen LogP contribution in [0.3, 0.4) is 0 Å². The molecule has 0 saturated carbocycles. The summed E-state index contributed by atoms with van der Waals surface area (Å²) < 4.78 is 5.31. The molecule has 3 heteroatoms. The minimum Gasteiger partial charge on any atom is -0.496 e. The van der Waals surface area contributed by atoms with Crippen LogP contribution in [0, 0.1) is 11.3 Å². The highest BCUT2D eigenvalue weighted by Gasteiger charge is 2.03. The minimum absolute atomic E-state index is 0.638. The molecule has 0 saturated heterocycles. The number of nitrogens with zero attached hydrogens (tertiary/aromatic N) is 2. The Morgan fingerprint density at radius 1 is 1.29 bits per heavy atom. The van der Waals surface area contributed by atoms with Gasteiger partial charge >= 0.3 is 0 Å². The molecule has 0 aliphatic rings. The molecule has 0 radical (unpaired) electrons. The number of nitriles is 1. The topological polar surface area (TPSA) is 36.3 Å². The molecule has 0 fully saturated rings. The lowest BCUT2D eigenvalue weighted by Gasteiger charge is -2.16. The molecule has 1 aromatic carbocycles. The van der Waals surface area contributed by atoms with Gasteiger partial charge in [-0.1, -0.05) is 18.2 Å². The number of rotatable bonds is 7. The molecule has 92 valence electrons. The van der Waals surface area contributed by atoms with Gasteiger partial charge in [-0.25, -0.2) is 0 Å². The highest BCUT2D eigenvalue weighted by atomic mass is 16.5. The minimum atomic E-state index is 0.638. The van der Waals surface area contributed by atoms with Crippen LogP contribution in [0.15, 0.2) is 24.3 Å². The molecule has 0 atom stereocenters. The smallest absolute Gasteiger partial charge is 0.122 e. The zero-order chi connectivity index (χ0) is 12.5. The maximum absolute atomic E-state index is 8.47. The summed E-state index contributed by atoms with van der Waals surface area (Å²) >= 11 is 0. The van der Waals surface area contributed by atoms with Crippen molar-refractivity contribution in [2.24, 2.45) is 0 Å². The molecule has 17 heavy (non-hydrogen) atoms. The summed E-state index contributed by atoms with van der Waals surface area (Å²) in [7, 11) is 3.79. The van der Waals surface area contributed by atoms with Crippen molar-refractivity contribution < 1.29 is 4.74 Å². The second-order valence-corrected chi connectivity index (χ2v) is 4.13. The second-order valence-electron chi connectivity index (χ2n) is 4.13. The molecule has 0 aromatic heterocycles. The second kappa shape index (κ2) is 7.70.